The molecule has 0 saturated heterocycles. The van der Waals surface area contributed by atoms with Crippen LogP contribution in [0.1, 0.15) is 16.7 Å². The second-order valence-electron chi connectivity index (χ2n) is 4.43. The Kier molecular flexibility index (Phi) is 4.49. The molecule has 2 rings (SSSR count). The maximum Gasteiger partial charge on any atom is 0.293 e. The van der Waals surface area contributed by atoms with E-state index in [2.05, 4.69) is 5.32 Å². The van der Waals surface area contributed by atoms with Crippen molar-refractivity contribution >= 4 is 11.4 Å². The summed E-state index contributed by atoms with van der Waals surface area (Å²) in [5, 5.41) is 22.9. The molecule has 6 nitrogen and oxygen atoms in total. The number of anilines is 1. The Balaban J connectivity index is 2.24. The van der Waals surface area contributed by atoms with Crippen LogP contribution in [-0.2, 0) is 13.1 Å². The fraction of sp³-hybridized carbons (Fsp3) is 0.133. The third kappa shape index (κ3) is 3.35. The van der Waals surface area contributed by atoms with Crippen molar-refractivity contribution in [2.24, 2.45) is 5.73 Å². The predicted molar refractivity (Wildman–Crippen MR) is 79.5 cm³/mol. The van der Waals surface area contributed by atoms with Crippen LogP contribution in [0.2, 0.25) is 0 Å². The summed E-state index contributed by atoms with van der Waals surface area (Å²) in [7, 11) is 0. The summed E-state index contributed by atoms with van der Waals surface area (Å²) in [6.07, 6.45) is 0. The van der Waals surface area contributed by atoms with Crippen molar-refractivity contribution < 1.29 is 4.92 Å². The first-order valence-electron chi connectivity index (χ1n) is 6.35. The number of rotatable bonds is 5. The average Bonchev–Trinajstić information content (AvgIpc) is 2.52. The van der Waals surface area contributed by atoms with Crippen molar-refractivity contribution in [1.29, 1.82) is 5.26 Å². The van der Waals surface area contributed by atoms with Crippen LogP contribution in [0, 0.1) is 21.4 Å². The zero-order chi connectivity index (χ0) is 15.2. The van der Waals surface area contributed by atoms with E-state index >= 15 is 0 Å². The van der Waals surface area contributed by atoms with E-state index in [1.807, 2.05) is 30.3 Å². The molecule has 0 atom stereocenters. The summed E-state index contributed by atoms with van der Waals surface area (Å²) in [6, 6.07) is 13.9. The predicted octanol–water partition coefficient (Wildman–Crippen LogP) is 2.54. The van der Waals surface area contributed by atoms with Crippen LogP contribution in [0.5, 0.6) is 0 Å². The molecule has 2 aromatic carbocycles. The first-order valence-corrected chi connectivity index (χ1v) is 6.35. The molecule has 0 aliphatic heterocycles. The van der Waals surface area contributed by atoms with Gasteiger partial charge in [-0.3, -0.25) is 10.1 Å². The average molecular weight is 282 g/mol. The van der Waals surface area contributed by atoms with E-state index in [0.29, 0.717) is 18.8 Å². The second-order valence-corrected chi connectivity index (χ2v) is 4.43. The zero-order valence-electron chi connectivity index (χ0n) is 11.2. The smallest absolute Gasteiger partial charge is 0.293 e. The van der Waals surface area contributed by atoms with Gasteiger partial charge < -0.3 is 11.1 Å². The fourth-order valence-corrected chi connectivity index (χ4v) is 2.02. The summed E-state index contributed by atoms with van der Waals surface area (Å²) in [5.74, 6) is 0. The summed E-state index contributed by atoms with van der Waals surface area (Å²) in [4.78, 5) is 10.6. The fourth-order valence-electron chi connectivity index (χ4n) is 2.02. The molecular weight excluding hydrogens is 268 g/mol. The van der Waals surface area contributed by atoms with E-state index in [-0.39, 0.29) is 11.3 Å². The van der Waals surface area contributed by atoms with E-state index in [9.17, 15) is 10.1 Å². The van der Waals surface area contributed by atoms with Gasteiger partial charge in [-0.2, -0.15) is 5.26 Å². The van der Waals surface area contributed by atoms with Gasteiger partial charge in [-0.05, 0) is 23.3 Å². The van der Waals surface area contributed by atoms with Gasteiger partial charge in [0.25, 0.3) is 5.69 Å². The number of hydrogen-bond donors (Lipinski definition) is 2. The van der Waals surface area contributed by atoms with Gasteiger partial charge in [0.15, 0.2) is 0 Å². The number of nitrogens with one attached hydrogen (secondary N) is 1. The summed E-state index contributed by atoms with van der Waals surface area (Å²) >= 11 is 0. The molecule has 0 unspecified atom stereocenters. The van der Waals surface area contributed by atoms with E-state index in [0.717, 1.165) is 11.1 Å². The molecule has 0 radical (unpaired) electrons. The van der Waals surface area contributed by atoms with Crippen molar-refractivity contribution in [2.45, 2.75) is 13.1 Å². The lowest BCUT2D eigenvalue weighted by Crippen LogP contribution is -2.07. The van der Waals surface area contributed by atoms with E-state index in [1.54, 1.807) is 12.1 Å². The molecule has 3 N–H and O–H groups in total. The molecule has 0 fully saturated rings. The SMILES string of the molecule is N#Cc1ccc(NCc2ccccc2CN)c([N+](=O)[O-])c1. The molecule has 0 bridgehead atoms. The monoisotopic (exact) mass is 282 g/mol. The number of benzene rings is 2. The third-order valence-corrected chi connectivity index (χ3v) is 3.13. The first-order chi connectivity index (χ1) is 10.2. The van der Waals surface area contributed by atoms with Crippen LogP contribution in [0.3, 0.4) is 0 Å². The minimum absolute atomic E-state index is 0.112. The lowest BCUT2D eigenvalue weighted by atomic mass is 10.1. The Morgan fingerprint density at radius 2 is 1.95 bits per heavy atom. The molecule has 0 aliphatic carbocycles. The number of hydrogen-bond acceptors (Lipinski definition) is 5. The van der Waals surface area contributed by atoms with Crippen LogP contribution in [0.25, 0.3) is 0 Å². The van der Waals surface area contributed by atoms with Crippen LogP contribution in [0.4, 0.5) is 11.4 Å². The van der Waals surface area contributed by atoms with Crippen molar-refractivity contribution in [3.8, 4) is 6.07 Å². The normalized spacial score (nSPS) is 9.90. The maximum absolute atomic E-state index is 11.1. The highest BCUT2D eigenvalue weighted by molar-refractivity contribution is 5.64. The zero-order valence-corrected chi connectivity index (χ0v) is 11.2. The molecular formula is C15H14N4O2. The van der Waals surface area contributed by atoms with Crippen LogP contribution in [-0.4, -0.2) is 4.92 Å². The molecule has 0 amide bonds. The van der Waals surface area contributed by atoms with Crippen LogP contribution in [0.15, 0.2) is 42.5 Å². The quantitative estimate of drug-likeness (QED) is 0.647. The Morgan fingerprint density at radius 1 is 1.24 bits per heavy atom. The van der Waals surface area contributed by atoms with Crippen molar-refractivity contribution in [3.05, 3.63) is 69.3 Å². The Bertz CT molecular complexity index is 707. The highest BCUT2D eigenvalue weighted by Gasteiger charge is 2.14. The molecule has 6 heteroatoms. The van der Waals surface area contributed by atoms with E-state index in [1.165, 1.54) is 6.07 Å². The molecule has 0 saturated carbocycles. The highest BCUT2D eigenvalue weighted by Crippen LogP contribution is 2.26. The van der Waals surface area contributed by atoms with Gasteiger partial charge in [0.05, 0.1) is 16.6 Å². The minimum Gasteiger partial charge on any atom is -0.375 e. The van der Waals surface area contributed by atoms with Gasteiger partial charge in [0.2, 0.25) is 0 Å². The molecule has 2 aromatic rings. The number of nitriles is 1. The van der Waals surface area contributed by atoms with Crippen LogP contribution >= 0.6 is 0 Å². The van der Waals surface area contributed by atoms with Gasteiger partial charge in [-0.15, -0.1) is 0 Å². The largest absolute Gasteiger partial charge is 0.375 e. The van der Waals surface area contributed by atoms with E-state index in [4.69, 9.17) is 11.0 Å². The molecule has 0 aliphatic rings. The van der Waals surface area contributed by atoms with Gasteiger partial charge in [0.1, 0.15) is 5.69 Å². The molecule has 21 heavy (non-hydrogen) atoms. The van der Waals surface area contributed by atoms with Crippen molar-refractivity contribution in [1.82, 2.24) is 0 Å². The summed E-state index contributed by atoms with van der Waals surface area (Å²) in [5.41, 5.74) is 8.16. The number of nitrogens with two attached hydrogens (primary N) is 1. The minimum atomic E-state index is -0.502. The number of nitro groups is 1. The lowest BCUT2D eigenvalue weighted by Gasteiger charge is -2.10. The van der Waals surface area contributed by atoms with Gasteiger partial charge in [-0.1, -0.05) is 24.3 Å². The highest BCUT2D eigenvalue weighted by atomic mass is 16.6. The van der Waals surface area contributed by atoms with Gasteiger partial charge in [0, 0.05) is 19.2 Å². The van der Waals surface area contributed by atoms with Gasteiger partial charge in [-0.25, -0.2) is 0 Å². The second kappa shape index (κ2) is 6.50. The lowest BCUT2D eigenvalue weighted by molar-refractivity contribution is -0.384. The third-order valence-electron chi connectivity index (χ3n) is 3.13. The Morgan fingerprint density at radius 3 is 2.57 bits per heavy atom. The summed E-state index contributed by atoms with van der Waals surface area (Å²) in [6.45, 7) is 0.841. The molecule has 0 heterocycles. The van der Waals surface area contributed by atoms with Crippen molar-refractivity contribution in [3.63, 3.8) is 0 Å². The topological polar surface area (TPSA) is 105 Å². The van der Waals surface area contributed by atoms with Crippen molar-refractivity contribution in [2.75, 3.05) is 5.32 Å². The number of nitro benzene ring substituents is 1. The molecule has 106 valence electrons. The standard InChI is InChI=1S/C15H14N4O2/c16-8-11-5-6-14(15(7-11)19(20)21)18-10-13-4-2-1-3-12(13)9-17/h1-7,18H,9-10,17H2. The van der Waals surface area contributed by atoms with E-state index < -0.39 is 4.92 Å². The Labute approximate surface area is 122 Å². The molecule has 0 spiro atoms. The Hall–Kier alpha value is -2.91. The number of nitrogens with zero attached hydrogens (tertiary/aromatic N) is 2. The van der Waals surface area contributed by atoms with Crippen LogP contribution < -0.4 is 11.1 Å². The first kappa shape index (κ1) is 14.5. The van der Waals surface area contributed by atoms with Gasteiger partial charge >= 0.3 is 0 Å². The summed E-state index contributed by atoms with van der Waals surface area (Å²) < 4.78 is 0. The molecule has 0 aromatic heterocycles. The maximum atomic E-state index is 11.1.